The Labute approximate surface area is 168 Å². The number of allylic oxidation sites excluding steroid dienone is 2. The smallest absolute Gasteiger partial charge is 0.407 e. The van der Waals surface area contributed by atoms with Crippen LogP contribution < -0.4 is 22.3 Å². The van der Waals surface area contributed by atoms with Crippen molar-refractivity contribution in [3.8, 4) is 0 Å². The summed E-state index contributed by atoms with van der Waals surface area (Å²) >= 11 is 0. The number of Topliss-reactive ketones (excluding diaryl/α,β-unsaturated/α-hetero) is 1. The van der Waals surface area contributed by atoms with Gasteiger partial charge in [-0.1, -0.05) is 13.8 Å². The lowest BCUT2D eigenvalue weighted by molar-refractivity contribution is -0.124. The van der Waals surface area contributed by atoms with Gasteiger partial charge >= 0.3 is 6.09 Å². The molecule has 8 nitrogen and oxygen atoms in total. The molecule has 1 aliphatic rings. The molecule has 1 aliphatic carbocycles. The van der Waals surface area contributed by atoms with Crippen molar-refractivity contribution in [2.45, 2.75) is 65.9 Å². The van der Waals surface area contributed by atoms with Crippen LogP contribution in [0.5, 0.6) is 0 Å². The molecule has 0 saturated carbocycles. The highest BCUT2D eigenvalue weighted by molar-refractivity contribution is 5.77. The molecule has 6 N–H and O–H groups in total. The molecule has 0 saturated heterocycles. The van der Waals surface area contributed by atoms with Crippen LogP contribution in [0.15, 0.2) is 11.4 Å². The third-order valence-corrected chi connectivity index (χ3v) is 5.51. The van der Waals surface area contributed by atoms with Crippen molar-refractivity contribution in [1.82, 2.24) is 10.7 Å². The predicted molar refractivity (Wildman–Crippen MR) is 109 cm³/mol. The molecule has 3 unspecified atom stereocenters. The summed E-state index contributed by atoms with van der Waals surface area (Å²) in [6.07, 6.45) is 2.86. The van der Waals surface area contributed by atoms with Gasteiger partial charge in [0, 0.05) is 23.9 Å². The zero-order valence-electron chi connectivity index (χ0n) is 18.0. The summed E-state index contributed by atoms with van der Waals surface area (Å²) in [5.74, 6) is 6.10. The molecule has 1 amide bonds. The molecule has 0 aromatic carbocycles. The van der Waals surface area contributed by atoms with Gasteiger partial charge < -0.3 is 25.9 Å². The Balaban J connectivity index is 2.41. The van der Waals surface area contributed by atoms with E-state index in [0.717, 1.165) is 37.1 Å². The molecule has 1 rings (SSSR count). The molecule has 162 valence electrons. The van der Waals surface area contributed by atoms with E-state index in [2.05, 4.69) is 17.7 Å². The molecule has 28 heavy (non-hydrogen) atoms. The number of nitrogens with two attached hydrogens (primary N) is 2. The van der Waals surface area contributed by atoms with Gasteiger partial charge in [-0.3, -0.25) is 10.6 Å². The van der Waals surface area contributed by atoms with Gasteiger partial charge in [-0.2, -0.15) is 0 Å². The van der Waals surface area contributed by atoms with E-state index in [1.54, 1.807) is 6.92 Å². The van der Waals surface area contributed by atoms with Crippen LogP contribution in [-0.4, -0.2) is 37.2 Å². The molecular formula is C20H38N4O4. The van der Waals surface area contributed by atoms with Gasteiger partial charge in [0.05, 0.1) is 18.8 Å². The standard InChI is InChI=1S/C20H38N4O4/c1-13-6-9-18(24-22)17(21)8-7-16(13)11-27-19(26)23-12-20(4,5)28-10-14(2)15(3)25/h13-14,16,24H,6-12,21-22H2,1-5H3,(H,23,26)/b18-17-. The van der Waals surface area contributed by atoms with E-state index < -0.39 is 11.7 Å². The largest absolute Gasteiger partial charge is 0.449 e. The van der Waals surface area contributed by atoms with E-state index in [9.17, 15) is 9.59 Å². The van der Waals surface area contributed by atoms with Crippen LogP contribution in [0.1, 0.15) is 60.3 Å². The maximum Gasteiger partial charge on any atom is 0.407 e. The first-order valence-electron chi connectivity index (χ1n) is 10.0. The Hall–Kier alpha value is -1.80. The van der Waals surface area contributed by atoms with Crippen LogP contribution in [0.25, 0.3) is 0 Å². The highest BCUT2D eigenvalue weighted by Crippen LogP contribution is 2.28. The number of rotatable bonds is 9. The number of carbonyl (C=O) groups is 2. The Morgan fingerprint density at radius 2 is 1.96 bits per heavy atom. The third kappa shape index (κ3) is 8.48. The van der Waals surface area contributed by atoms with Gasteiger partial charge in [0.2, 0.25) is 0 Å². The first-order valence-corrected chi connectivity index (χ1v) is 10.0. The number of ketones is 1. The normalized spacial score (nSPS) is 24.6. The molecule has 0 heterocycles. The zero-order chi connectivity index (χ0) is 21.3. The highest BCUT2D eigenvalue weighted by Gasteiger charge is 2.25. The first-order chi connectivity index (χ1) is 13.1. The number of nitrogens with one attached hydrogen (secondary N) is 2. The fourth-order valence-corrected chi connectivity index (χ4v) is 2.99. The van der Waals surface area contributed by atoms with E-state index >= 15 is 0 Å². The molecule has 0 aromatic rings. The van der Waals surface area contributed by atoms with Crippen molar-refractivity contribution in [2.75, 3.05) is 19.8 Å². The van der Waals surface area contributed by atoms with Crippen molar-refractivity contribution in [2.24, 2.45) is 29.3 Å². The maximum atomic E-state index is 12.1. The van der Waals surface area contributed by atoms with Gasteiger partial charge in [-0.25, -0.2) is 4.79 Å². The quantitative estimate of drug-likeness (QED) is 0.346. The minimum atomic E-state index is -0.582. The Morgan fingerprint density at radius 1 is 1.29 bits per heavy atom. The minimum absolute atomic E-state index is 0.0846. The Kier molecular flexibility index (Phi) is 9.75. The second-order valence-corrected chi connectivity index (χ2v) is 8.50. The fourth-order valence-electron chi connectivity index (χ4n) is 2.99. The van der Waals surface area contributed by atoms with Crippen LogP contribution in [-0.2, 0) is 14.3 Å². The number of ether oxygens (including phenoxy) is 2. The number of hydrazine groups is 1. The van der Waals surface area contributed by atoms with Crippen LogP contribution in [0.2, 0.25) is 0 Å². The summed E-state index contributed by atoms with van der Waals surface area (Å²) < 4.78 is 11.2. The van der Waals surface area contributed by atoms with Crippen LogP contribution in [0.3, 0.4) is 0 Å². The molecule has 0 aliphatic heterocycles. The molecule has 0 aromatic heterocycles. The van der Waals surface area contributed by atoms with Crippen molar-refractivity contribution in [3.63, 3.8) is 0 Å². The molecule has 0 radical (unpaired) electrons. The summed E-state index contributed by atoms with van der Waals surface area (Å²) in [4.78, 5) is 23.4. The van der Waals surface area contributed by atoms with Crippen LogP contribution in [0, 0.1) is 17.8 Å². The topological polar surface area (TPSA) is 129 Å². The fraction of sp³-hybridized carbons (Fsp3) is 0.800. The van der Waals surface area contributed by atoms with E-state index in [1.165, 1.54) is 0 Å². The molecule has 0 fully saturated rings. The van der Waals surface area contributed by atoms with Gasteiger partial charge in [0.25, 0.3) is 0 Å². The average molecular weight is 399 g/mol. The Bertz CT molecular complexity index is 562. The van der Waals surface area contributed by atoms with Crippen LogP contribution >= 0.6 is 0 Å². The second kappa shape index (κ2) is 11.3. The van der Waals surface area contributed by atoms with Crippen molar-refractivity contribution >= 4 is 11.9 Å². The van der Waals surface area contributed by atoms with E-state index in [4.69, 9.17) is 21.1 Å². The van der Waals surface area contributed by atoms with Crippen molar-refractivity contribution < 1.29 is 19.1 Å². The SMILES string of the molecule is CC(=O)C(C)COC(C)(C)CNC(=O)OCC1CC/C(N)=C(/NN)CCC1C. The zero-order valence-corrected chi connectivity index (χ0v) is 18.0. The number of hydrogen-bond acceptors (Lipinski definition) is 7. The summed E-state index contributed by atoms with van der Waals surface area (Å²) in [5, 5.41) is 2.75. The van der Waals surface area contributed by atoms with Gasteiger partial charge in [-0.15, -0.1) is 0 Å². The number of alkyl carbamates (subject to hydrolysis) is 1. The van der Waals surface area contributed by atoms with Gasteiger partial charge in [0.15, 0.2) is 0 Å². The molecule has 0 spiro atoms. The lowest BCUT2D eigenvalue weighted by Crippen LogP contribution is -2.42. The van der Waals surface area contributed by atoms with Crippen molar-refractivity contribution in [1.29, 1.82) is 0 Å². The highest BCUT2D eigenvalue weighted by atomic mass is 16.5. The number of amides is 1. The lowest BCUT2D eigenvalue weighted by Gasteiger charge is -2.28. The lowest BCUT2D eigenvalue weighted by atomic mass is 9.84. The molecule has 8 heteroatoms. The van der Waals surface area contributed by atoms with Gasteiger partial charge in [-0.05, 0) is 58.3 Å². The summed E-state index contributed by atoms with van der Waals surface area (Å²) in [6, 6.07) is 0. The summed E-state index contributed by atoms with van der Waals surface area (Å²) in [7, 11) is 0. The monoisotopic (exact) mass is 398 g/mol. The maximum absolute atomic E-state index is 12.1. The average Bonchev–Trinajstić information content (AvgIpc) is 2.63. The molecular weight excluding hydrogens is 360 g/mol. The Morgan fingerprint density at radius 3 is 2.57 bits per heavy atom. The first kappa shape index (κ1) is 24.2. The number of carbonyl (C=O) groups excluding carboxylic acids is 2. The molecule has 0 bridgehead atoms. The van der Waals surface area contributed by atoms with Crippen molar-refractivity contribution in [3.05, 3.63) is 11.4 Å². The number of hydrogen-bond donors (Lipinski definition) is 4. The third-order valence-electron chi connectivity index (χ3n) is 5.51. The van der Waals surface area contributed by atoms with Crippen LogP contribution in [0.4, 0.5) is 4.79 Å². The molecule has 3 atom stereocenters. The van der Waals surface area contributed by atoms with E-state index in [1.807, 2.05) is 20.8 Å². The summed E-state index contributed by atoms with van der Waals surface area (Å²) in [6.45, 7) is 10.3. The van der Waals surface area contributed by atoms with Gasteiger partial charge in [0.1, 0.15) is 5.78 Å². The predicted octanol–water partition coefficient (Wildman–Crippen LogP) is 2.19. The minimum Gasteiger partial charge on any atom is -0.449 e. The summed E-state index contributed by atoms with van der Waals surface area (Å²) in [5.41, 5.74) is 9.86. The van der Waals surface area contributed by atoms with E-state index in [0.29, 0.717) is 25.7 Å². The second-order valence-electron chi connectivity index (χ2n) is 8.50. The van der Waals surface area contributed by atoms with E-state index in [-0.39, 0.29) is 17.6 Å².